The number of fused-ring (bicyclic) bond motifs is 1. The average Bonchev–Trinajstić information content (AvgIpc) is 2.85. The number of carbonyl (C=O) groups excluding carboxylic acids is 2. The van der Waals surface area contributed by atoms with E-state index in [2.05, 4.69) is 0 Å². The zero-order valence-electron chi connectivity index (χ0n) is 12.8. The Morgan fingerprint density at radius 2 is 2.10 bits per heavy atom. The summed E-state index contributed by atoms with van der Waals surface area (Å²) in [5.74, 6) is 0.781. The third-order valence-electron chi connectivity index (χ3n) is 5.00. The van der Waals surface area contributed by atoms with Crippen molar-refractivity contribution in [1.29, 1.82) is 0 Å². The number of nitrogens with zero attached hydrogens (tertiary/aromatic N) is 3. The molecule has 2 aliphatic rings. The van der Waals surface area contributed by atoms with E-state index < -0.39 is 0 Å². The number of hydrogen-bond donors (Lipinski definition) is 0. The molecule has 0 bridgehead atoms. The van der Waals surface area contributed by atoms with Gasteiger partial charge in [-0.25, -0.2) is 0 Å². The molecule has 3 heterocycles. The fraction of sp³-hybridized carbons (Fsp3) is 0.625. The van der Waals surface area contributed by atoms with Crippen LogP contribution in [0.2, 0.25) is 0 Å². The maximum atomic E-state index is 12.6. The maximum absolute atomic E-state index is 12.6. The summed E-state index contributed by atoms with van der Waals surface area (Å²) in [7, 11) is 3.82. The largest absolute Gasteiger partial charge is 0.347 e. The zero-order valence-corrected chi connectivity index (χ0v) is 12.8. The number of hydrogen-bond acceptors (Lipinski definition) is 2. The molecule has 114 valence electrons. The van der Waals surface area contributed by atoms with Crippen molar-refractivity contribution in [1.82, 2.24) is 14.4 Å². The van der Waals surface area contributed by atoms with Crippen LogP contribution in [0.25, 0.3) is 0 Å². The number of amides is 2. The zero-order chi connectivity index (χ0) is 15.0. The Balaban J connectivity index is 1.74. The molecule has 2 fully saturated rings. The molecule has 21 heavy (non-hydrogen) atoms. The van der Waals surface area contributed by atoms with Crippen molar-refractivity contribution in [3.05, 3.63) is 24.0 Å². The summed E-state index contributed by atoms with van der Waals surface area (Å²) in [6.07, 6.45) is 5.42. The summed E-state index contributed by atoms with van der Waals surface area (Å²) >= 11 is 0. The van der Waals surface area contributed by atoms with E-state index in [4.69, 9.17) is 0 Å². The van der Waals surface area contributed by atoms with Crippen LogP contribution in [0.1, 0.15) is 36.2 Å². The number of carbonyl (C=O) groups is 2. The van der Waals surface area contributed by atoms with Crippen molar-refractivity contribution in [2.75, 3.05) is 20.1 Å². The van der Waals surface area contributed by atoms with E-state index in [0.717, 1.165) is 38.0 Å². The topological polar surface area (TPSA) is 45.6 Å². The van der Waals surface area contributed by atoms with Gasteiger partial charge in [-0.15, -0.1) is 0 Å². The Labute approximate surface area is 125 Å². The highest BCUT2D eigenvalue weighted by Crippen LogP contribution is 2.30. The molecule has 3 rings (SSSR count). The van der Waals surface area contributed by atoms with Crippen molar-refractivity contribution >= 4 is 11.8 Å². The van der Waals surface area contributed by atoms with Crippen LogP contribution >= 0.6 is 0 Å². The molecule has 2 aliphatic heterocycles. The van der Waals surface area contributed by atoms with Gasteiger partial charge in [0.2, 0.25) is 5.91 Å². The molecule has 5 nitrogen and oxygen atoms in total. The summed E-state index contributed by atoms with van der Waals surface area (Å²) in [4.78, 5) is 28.4. The molecule has 0 N–H and O–H groups in total. The normalized spacial score (nSPS) is 26.5. The average molecular weight is 289 g/mol. The van der Waals surface area contributed by atoms with Gasteiger partial charge in [0.05, 0.1) is 0 Å². The van der Waals surface area contributed by atoms with Crippen molar-refractivity contribution in [3.8, 4) is 0 Å². The third kappa shape index (κ3) is 2.57. The fourth-order valence-electron chi connectivity index (χ4n) is 3.72. The lowest BCUT2D eigenvalue weighted by Crippen LogP contribution is -2.52. The second kappa shape index (κ2) is 5.54. The maximum Gasteiger partial charge on any atom is 0.270 e. The first-order valence-corrected chi connectivity index (χ1v) is 7.74. The van der Waals surface area contributed by atoms with Gasteiger partial charge >= 0.3 is 0 Å². The molecule has 2 amide bonds. The van der Waals surface area contributed by atoms with Crippen LogP contribution in [0.5, 0.6) is 0 Å². The van der Waals surface area contributed by atoms with Crippen LogP contribution in [-0.2, 0) is 11.8 Å². The predicted octanol–water partition coefficient (Wildman–Crippen LogP) is 1.50. The summed E-state index contributed by atoms with van der Waals surface area (Å²) in [5, 5.41) is 0. The van der Waals surface area contributed by atoms with Gasteiger partial charge in [0, 0.05) is 45.8 Å². The SMILES string of the molecule is CN1C(=O)CCC[C@H]2CN(C(=O)c3cccn3C)CC[C@H]21. The van der Waals surface area contributed by atoms with Crippen molar-refractivity contribution < 1.29 is 9.59 Å². The molecular formula is C16H23N3O2. The molecule has 0 aromatic carbocycles. The highest BCUT2D eigenvalue weighted by atomic mass is 16.2. The Hall–Kier alpha value is -1.78. The van der Waals surface area contributed by atoms with E-state index in [1.807, 2.05) is 46.8 Å². The molecule has 0 aliphatic carbocycles. The summed E-state index contributed by atoms with van der Waals surface area (Å²) < 4.78 is 1.87. The van der Waals surface area contributed by atoms with Gasteiger partial charge in [-0.3, -0.25) is 9.59 Å². The van der Waals surface area contributed by atoms with E-state index in [1.54, 1.807) is 0 Å². The molecule has 2 atom stereocenters. The summed E-state index contributed by atoms with van der Waals surface area (Å²) in [6.45, 7) is 1.51. The molecule has 0 radical (unpaired) electrons. The molecule has 0 spiro atoms. The van der Waals surface area contributed by atoms with E-state index in [9.17, 15) is 9.59 Å². The first-order chi connectivity index (χ1) is 10.1. The van der Waals surface area contributed by atoms with Crippen LogP contribution < -0.4 is 0 Å². The second-order valence-electron chi connectivity index (χ2n) is 6.27. The molecule has 0 unspecified atom stereocenters. The number of aryl methyl sites for hydroxylation is 1. The summed E-state index contributed by atoms with van der Waals surface area (Å²) in [5.41, 5.74) is 0.742. The van der Waals surface area contributed by atoms with Crippen LogP contribution in [-0.4, -0.2) is 52.4 Å². The van der Waals surface area contributed by atoms with Crippen molar-refractivity contribution in [2.45, 2.75) is 31.7 Å². The Bertz CT molecular complexity index is 551. The quantitative estimate of drug-likeness (QED) is 0.786. The van der Waals surface area contributed by atoms with Crippen molar-refractivity contribution in [3.63, 3.8) is 0 Å². The lowest BCUT2D eigenvalue weighted by molar-refractivity contribution is -0.132. The minimum Gasteiger partial charge on any atom is -0.347 e. The number of rotatable bonds is 1. The Morgan fingerprint density at radius 3 is 2.81 bits per heavy atom. The van der Waals surface area contributed by atoms with Crippen LogP contribution in [0.3, 0.4) is 0 Å². The van der Waals surface area contributed by atoms with Gasteiger partial charge in [0.15, 0.2) is 0 Å². The Morgan fingerprint density at radius 1 is 1.29 bits per heavy atom. The van der Waals surface area contributed by atoms with Crippen molar-refractivity contribution in [2.24, 2.45) is 13.0 Å². The minimum absolute atomic E-state index is 0.110. The molecule has 2 saturated heterocycles. The van der Waals surface area contributed by atoms with Crippen LogP contribution in [0.4, 0.5) is 0 Å². The van der Waals surface area contributed by atoms with E-state index in [1.165, 1.54) is 0 Å². The second-order valence-corrected chi connectivity index (χ2v) is 6.27. The van der Waals surface area contributed by atoms with Gasteiger partial charge in [0.1, 0.15) is 5.69 Å². The van der Waals surface area contributed by atoms with E-state index in [0.29, 0.717) is 18.4 Å². The van der Waals surface area contributed by atoms with Gasteiger partial charge in [0.25, 0.3) is 5.91 Å². The number of likely N-dealkylation sites (tertiary alicyclic amines) is 2. The molecule has 1 aromatic rings. The Kier molecular flexibility index (Phi) is 3.74. The number of aromatic nitrogens is 1. The monoisotopic (exact) mass is 289 g/mol. The fourth-order valence-corrected chi connectivity index (χ4v) is 3.72. The smallest absolute Gasteiger partial charge is 0.270 e. The van der Waals surface area contributed by atoms with Gasteiger partial charge in [-0.2, -0.15) is 0 Å². The van der Waals surface area contributed by atoms with E-state index in [-0.39, 0.29) is 11.8 Å². The van der Waals surface area contributed by atoms with Crippen LogP contribution in [0.15, 0.2) is 18.3 Å². The molecule has 0 saturated carbocycles. The lowest BCUT2D eigenvalue weighted by Gasteiger charge is -2.41. The molecule has 1 aromatic heterocycles. The molecule has 5 heteroatoms. The standard InChI is InChI=1S/C16H23N3O2/c1-17-9-4-6-14(17)16(21)19-10-8-13-12(11-19)5-3-7-15(20)18(13)2/h4,6,9,12-13H,3,5,7-8,10-11H2,1-2H3/t12-,13+/m0/s1. The third-order valence-corrected chi connectivity index (χ3v) is 5.00. The highest BCUT2D eigenvalue weighted by molar-refractivity contribution is 5.92. The lowest BCUT2D eigenvalue weighted by atomic mass is 9.88. The minimum atomic E-state index is 0.110. The number of piperidine rings is 1. The van der Waals surface area contributed by atoms with E-state index >= 15 is 0 Å². The van der Waals surface area contributed by atoms with Gasteiger partial charge < -0.3 is 14.4 Å². The van der Waals surface area contributed by atoms with Gasteiger partial charge in [-0.1, -0.05) is 0 Å². The predicted molar refractivity (Wildman–Crippen MR) is 79.8 cm³/mol. The first kappa shape index (κ1) is 14.2. The first-order valence-electron chi connectivity index (χ1n) is 7.74. The molecular weight excluding hydrogens is 266 g/mol. The summed E-state index contributed by atoms with van der Waals surface area (Å²) in [6, 6.07) is 4.08. The van der Waals surface area contributed by atoms with Gasteiger partial charge in [-0.05, 0) is 37.3 Å². The van der Waals surface area contributed by atoms with Crippen LogP contribution in [0, 0.1) is 5.92 Å². The highest BCUT2D eigenvalue weighted by Gasteiger charge is 2.37.